The van der Waals surface area contributed by atoms with Crippen molar-refractivity contribution in [3.63, 3.8) is 0 Å². The van der Waals surface area contributed by atoms with Crippen molar-refractivity contribution in [3.05, 3.63) is 76.7 Å². The van der Waals surface area contributed by atoms with E-state index in [0.717, 1.165) is 25.3 Å². The first-order chi connectivity index (χ1) is 19.3. The molecule has 2 atom stereocenters. The van der Waals surface area contributed by atoms with E-state index in [4.69, 9.17) is 10.8 Å². The normalized spacial score (nSPS) is 17.2. The molecule has 1 aromatic rings. The average Bonchev–Trinajstić information content (AvgIpc) is 2.88. The second kappa shape index (κ2) is 20.7. The molecule has 0 spiro atoms. The SMILES string of the molecule is CC(=O)c1cc(C(F)(F)F)cc(C(C)=O)n1.CC(C)C1=CC=CC(C(C)C)C1=N.CC(C)C1=CC=CC(C(C)C)C1=N.[Cl-].[Cl-].[Co+2]. The summed E-state index contributed by atoms with van der Waals surface area (Å²) >= 11 is 0. The molecule has 11 heteroatoms. The Morgan fingerprint density at radius 3 is 1.24 bits per heavy atom. The van der Waals surface area contributed by atoms with Crippen LogP contribution in [-0.2, 0) is 23.0 Å². The van der Waals surface area contributed by atoms with Crippen molar-refractivity contribution < 1.29 is 64.4 Å². The Morgan fingerprint density at radius 1 is 0.711 bits per heavy atom. The summed E-state index contributed by atoms with van der Waals surface area (Å²) in [5, 5.41) is 16.1. The number of pyridine rings is 1. The molecule has 0 amide bonds. The predicted molar refractivity (Wildman–Crippen MR) is 165 cm³/mol. The van der Waals surface area contributed by atoms with Gasteiger partial charge in [0.25, 0.3) is 0 Å². The molecule has 1 aromatic heterocycles. The van der Waals surface area contributed by atoms with Crippen molar-refractivity contribution in [3.8, 4) is 0 Å². The maximum absolute atomic E-state index is 12.4. The zero-order valence-electron chi connectivity index (χ0n) is 27.6. The molecule has 1 heterocycles. The molecule has 2 aliphatic carbocycles. The first-order valence-electron chi connectivity index (χ1n) is 14.3. The van der Waals surface area contributed by atoms with Gasteiger partial charge in [-0.1, -0.05) is 91.8 Å². The number of carbonyl (C=O) groups excluding carboxylic acids is 2. The van der Waals surface area contributed by atoms with Crippen LogP contribution in [0, 0.1) is 46.3 Å². The summed E-state index contributed by atoms with van der Waals surface area (Å²) in [6.07, 6.45) is 8.02. The van der Waals surface area contributed by atoms with Crippen LogP contribution in [0.4, 0.5) is 13.2 Å². The van der Waals surface area contributed by atoms with Crippen molar-refractivity contribution in [1.82, 2.24) is 4.98 Å². The summed E-state index contributed by atoms with van der Waals surface area (Å²) < 4.78 is 37.3. The summed E-state index contributed by atoms with van der Waals surface area (Å²) in [6.45, 7) is 19.5. The van der Waals surface area contributed by atoms with Crippen LogP contribution in [0.3, 0.4) is 0 Å². The third-order valence-electron chi connectivity index (χ3n) is 7.03. The van der Waals surface area contributed by atoms with Gasteiger partial charge in [-0.2, -0.15) is 13.2 Å². The number of alkyl halides is 3. The second-order valence-corrected chi connectivity index (χ2v) is 11.9. The zero-order chi connectivity index (χ0) is 32.5. The predicted octanol–water partition coefficient (Wildman–Crippen LogP) is 3.37. The Bertz CT molecular complexity index is 1210. The number of nitrogens with one attached hydrogen (secondary N) is 2. The number of aromatic nitrogens is 1. The van der Waals surface area contributed by atoms with Crippen LogP contribution in [0.15, 0.2) is 59.7 Å². The quantitative estimate of drug-likeness (QED) is 0.443. The molecule has 1 radical (unpaired) electrons. The molecule has 253 valence electrons. The molecular formula is C34H46Cl2CoF3N3O2. The topological polar surface area (TPSA) is 94.7 Å². The number of allylic oxidation sites excluding steroid dienone is 8. The Hall–Kier alpha value is -2.33. The van der Waals surface area contributed by atoms with E-state index in [-0.39, 0.29) is 53.0 Å². The van der Waals surface area contributed by atoms with Crippen LogP contribution in [0.1, 0.15) is 95.8 Å². The van der Waals surface area contributed by atoms with Gasteiger partial charge < -0.3 is 35.6 Å². The molecule has 2 unspecified atom stereocenters. The Balaban J connectivity index is -0.000000573. The van der Waals surface area contributed by atoms with Crippen molar-refractivity contribution in [1.29, 1.82) is 10.8 Å². The van der Waals surface area contributed by atoms with Crippen molar-refractivity contribution in [2.24, 2.45) is 35.5 Å². The fraction of sp³-hybridized carbons (Fsp3) is 0.500. The summed E-state index contributed by atoms with van der Waals surface area (Å²) in [7, 11) is 0. The van der Waals surface area contributed by atoms with Gasteiger partial charge in [0.05, 0.1) is 5.56 Å². The summed E-state index contributed by atoms with van der Waals surface area (Å²) in [5.41, 5.74) is 2.25. The monoisotopic (exact) mass is 714 g/mol. The van der Waals surface area contributed by atoms with Gasteiger partial charge in [-0.15, -0.1) is 0 Å². The van der Waals surface area contributed by atoms with E-state index in [1.54, 1.807) is 0 Å². The third-order valence-corrected chi connectivity index (χ3v) is 7.03. The van der Waals surface area contributed by atoms with E-state index < -0.39 is 23.3 Å². The Labute approximate surface area is 289 Å². The maximum Gasteiger partial charge on any atom is 2.00 e. The molecule has 2 N–H and O–H groups in total. The Kier molecular flexibility index (Phi) is 21.7. The minimum Gasteiger partial charge on any atom is -1.00 e. The van der Waals surface area contributed by atoms with Crippen LogP contribution in [0.25, 0.3) is 0 Å². The average molecular weight is 716 g/mol. The number of ketones is 2. The van der Waals surface area contributed by atoms with Gasteiger partial charge in [-0.05, 0) is 47.0 Å². The van der Waals surface area contributed by atoms with Crippen LogP contribution >= 0.6 is 0 Å². The molecule has 0 aliphatic heterocycles. The fourth-order valence-corrected chi connectivity index (χ4v) is 4.49. The largest absolute Gasteiger partial charge is 2.00 e. The maximum atomic E-state index is 12.4. The Morgan fingerprint density at radius 2 is 1.02 bits per heavy atom. The van der Waals surface area contributed by atoms with E-state index in [9.17, 15) is 22.8 Å². The van der Waals surface area contributed by atoms with Crippen molar-refractivity contribution >= 4 is 23.0 Å². The molecule has 5 nitrogen and oxygen atoms in total. The van der Waals surface area contributed by atoms with Crippen LogP contribution in [-0.4, -0.2) is 28.0 Å². The summed E-state index contributed by atoms with van der Waals surface area (Å²) in [6, 6.07) is 1.27. The molecule has 0 fully saturated rings. The van der Waals surface area contributed by atoms with Gasteiger partial charge in [0, 0.05) is 37.1 Å². The van der Waals surface area contributed by atoms with Crippen molar-refractivity contribution in [2.75, 3.05) is 0 Å². The number of Topliss-reactive ketones (excluding diaryl/α,β-unsaturated/α-hetero) is 2. The van der Waals surface area contributed by atoms with E-state index in [0.29, 0.717) is 47.6 Å². The minimum atomic E-state index is -4.60. The van der Waals surface area contributed by atoms with Gasteiger partial charge in [0.2, 0.25) is 0 Å². The van der Waals surface area contributed by atoms with Gasteiger partial charge in [-0.3, -0.25) is 9.59 Å². The standard InChI is InChI=1S/2C12H19N.C10H8F3NO2.2ClH.Co/c2*1-8(2)10-6-5-7-11(9(3)4)12(10)13;1-5(15)8-3-7(10(11,12)13)4-9(14-8)6(2)16;;;/h2*5-10,13H,1-4H3;3-4H,1-2H3;2*1H;/q;;;;;+2/p-2. The third kappa shape index (κ3) is 14.3. The number of halogens is 5. The summed E-state index contributed by atoms with van der Waals surface area (Å²) in [4.78, 5) is 25.5. The number of nitrogens with zero attached hydrogens (tertiary/aromatic N) is 1. The number of carbonyl (C=O) groups is 2. The molecule has 0 bridgehead atoms. The van der Waals surface area contributed by atoms with E-state index in [1.165, 1.54) is 11.1 Å². The second-order valence-electron chi connectivity index (χ2n) is 11.9. The first kappa shape index (κ1) is 47.1. The summed E-state index contributed by atoms with van der Waals surface area (Å²) in [5.74, 6) is 1.42. The van der Waals surface area contributed by atoms with Crippen molar-refractivity contribution in [2.45, 2.75) is 75.4 Å². The van der Waals surface area contributed by atoms with E-state index >= 15 is 0 Å². The molecule has 0 saturated heterocycles. The molecule has 0 saturated carbocycles. The van der Waals surface area contributed by atoms with Crippen LogP contribution in [0.5, 0.6) is 0 Å². The number of hydrogen-bond donors (Lipinski definition) is 2. The van der Waals surface area contributed by atoms with Gasteiger partial charge in [-0.25, -0.2) is 4.98 Å². The molecule has 3 rings (SSSR count). The minimum absolute atomic E-state index is 0. The smallest absolute Gasteiger partial charge is 1.00 e. The van der Waals surface area contributed by atoms with Gasteiger partial charge in [0.1, 0.15) is 11.4 Å². The van der Waals surface area contributed by atoms with Crippen LogP contribution in [0.2, 0.25) is 0 Å². The molecule has 45 heavy (non-hydrogen) atoms. The number of rotatable bonds is 6. The molecular weight excluding hydrogens is 669 g/mol. The molecule has 0 aromatic carbocycles. The fourth-order valence-electron chi connectivity index (χ4n) is 4.49. The van der Waals surface area contributed by atoms with E-state index in [2.05, 4.69) is 96.8 Å². The molecule has 2 aliphatic rings. The van der Waals surface area contributed by atoms with Crippen LogP contribution < -0.4 is 24.8 Å². The number of hydrogen-bond acceptors (Lipinski definition) is 5. The van der Waals surface area contributed by atoms with Gasteiger partial charge >= 0.3 is 23.0 Å². The van der Waals surface area contributed by atoms with Gasteiger partial charge in [0.15, 0.2) is 11.6 Å². The first-order valence-corrected chi connectivity index (χ1v) is 14.3. The zero-order valence-corrected chi connectivity index (χ0v) is 30.1. The van der Waals surface area contributed by atoms with E-state index in [1.807, 2.05) is 0 Å².